The predicted molar refractivity (Wildman–Crippen MR) is 111 cm³/mol. The largest absolute Gasteiger partial charge is 0.345 e. The maximum atomic E-state index is 12.5. The molecule has 1 amide bonds. The average molecular weight is 439 g/mol. The molecule has 7 nitrogen and oxygen atoms in total. The molecule has 0 bridgehead atoms. The van der Waals surface area contributed by atoms with Gasteiger partial charge in [0.15, 0.2) is 5.13 Å². The monoisotopic (exact) mass is 438 g/mol. The molecule has 0 fully saturated rings. The Labute approximate surface area is 172 Å². The van der Waals surface area contributed by atoms with Gasteiger partial charge in [-0.05, 0) is 37.2 Å². The number of amides is 1. The van der Waals surface area contributed by atoms with Crippen LogP contribution in [0.5, 0.6) is 0 Å². The number of rotatable bonds is 6. The van der Waals surface area contributed by atoms with E-state index in [1.54, 1.807) is 13.2 Å². The molecule has 0 spiro atoms. The fraction of sp³-hybridized carbons (Fsp3) is 0.222. The molecule has 0 saturated carbocycles. The summed E-state index contributed by atoms with van der Waals surface area (Å²) in [4.78, 5) is 17.7. The van der Waals surface area contributed by atoms with E-state index in [-0.39, 0.29) is 10.6 Å². The highest BCUT2D eigenvalue weighted by Gasteiger charge is 2.20. The van der Waals surface area contributed by atoms with Crippen molar-refractivity contribution in [3.8, 4) is 0 Å². The van der Waals surface area contributed by atoms with Gasteiger partial charge in [0.25, 0.3) is 5.91 Å². The third kappa shape index (κ3) is 4.44. The van der Waals surface area contributed by atoms with E-state index in [4.69, 9.17) is 11.6 Å². The van der Waals surface area contributed by atoms with Crippen LogP contribution in [0, 0.1) is 6.92 Å². The summed E-state index contributed by atoms with van der Waals surface area (Å²) in [5.74, 6) is -0.431. The highest BCUT2D eigenvalue weighted by atomic mass is 35.5. The van der Waals surface area contributed by atoms with Gasteiger partial charge in [-0.3, -0.25) is 10.1 Å². The Morgan fingerprint density at radius 3 is 2.75 bits per heavy atom. The van der Waals surface area contributed by atoms with Gasteiger partial charge >= 0.3 is 0 Å². The van der Waals surface area contributed by atoms with Crippen molar-refractivity contribution >= 4 is 44.0 Å². The van der Waals surface area contributed by atoms with Gasteiger partial charge in [-0.1, -0.05) is 23.7 Å². The van der Waals surface area contributed by atoms with Gasteiger partial charge in [0.1, 0.15) is 10.6 Å². The van der Waals surface area contributed by atoms with E-state index < -0.39 is 15.9 Å². The lowest BCUT2D eigenvalue weighted by atomic mass is 10.1. The number of carbonyl (C=O) groups excluding carboxylic acids is 1. The molecule has 3 rings (SSSR count). The van der Waals surface area contributed by atoms with E-state index in [2.05, 4.69) is 15.0 Å². The molecule has 148 valence electrons. The molecule has 0 aliphatic rings. The lowest BCUT2D eigenvalue weighted by Gasteiger charge is -2.03. The Morgan fingerprint density at radius 1 is 1.32 bits per heavy atom. The molecule has 2 heterocycles. The fourth-order valence-corrected chi connectivity index (χ4v) is 4.42. The topological polar surface area (TPSA) is 93.1 Å². The van der Waals surface area contributed by atoms with Crippen LogP contribution in [-0.4, -0.2) is 30.9 Å². The molecule has 0 aliphatic heterocycles. The molecule has 28 heavy (non-hydrogen) atoms. The average Bonchev–Trinajstić information content (AvgIpc) is 3.25. The van der Waals surface area contributed by atoms with Gasteiger partial charge in [0, 0.05) is 35.8 Å². The Bertz CT molecular complexity index is 1140. The van der Waals surface area contributed by atoms with Crippen molar-refractivity contribution in [1.82, 2.24) is 14.3 Å². The Morgan fingerprint density at radius 2 is 2.07 bits per heavy atom. The summed E-state index contributed by atoms with van der Waals surface area (Å²) in [6, 6.07) is 7.22. The molecule has 0 saturated heterocycles. The Hall–Kier alpha value is -2.20. The predicted octanol–water partition coefficient (Wildman–Crippen LogP) is 3.19. The first-order valence-corrected chi connectivity index (χ1v) is 11.0. The van der Waals surface area contributed by atoms with Crippen LogP contribution in [-0.2, 0) is 23.5 Å². The maximum absolute atomic E-state index is 12.5. The second-order valence-corrected chi connectivity index (χ2v) is 9.63. The summed E-state index contributed by atoms with van der Waals surface area (Å²) in [5, 5.41) is 3.87. The molecular formula is C18H19ClN4O3S2. The number of aromatic nitrogens is 2. The SMILES string of the molecule is CNS(=O)(=O)c1cc(C(=O)Nc2ncc(Cc3ccc(C)c(Cl)c3)s2)n(C)c1. The molecule has 0 radical (unpaired) electrons. The summed E-state index contributed by atoms with van der Waals surface area (Å²) in [5.41, 5.74) is 2.29. The molecule has 0 unspecified atom stereocenters. The number of carbonyl (C=O) groups is 1. The molecule has 2 N–H and O–H groups in total. The zero-order chi connectivity index (χ0) is 20.5. The molecule has 0 atom stereocenters. The first-order chi connectivity index (χ1) is 13.2. The molecule has 10 heteroatoms. The minimum Gasteiger partial charge on any atom is -0.345 e. The molecule has 2 aromatic heterocycles. The van der Waals surface area contributed by atoms with Crippen molar-refractivity contribution in [3.05, 3.63) is 63.4 Å². The van der Waals surface area contributed by atoms with Crippen LogP contribution in [0.3, 0.4) is 0 Å². The lowest BCUT2D eigenvalue weighted by molar-refractivity contribution is 0.101. The van der Waals surface area contributed by atoms with Gasteiger partial charge in [-0.2, -0.15) is 0 Å². The summed E-state index contributed by atoms with van der Waals surface area (Å²) in [6.07, 6.45) is 3.74. The van der Waals surface area contributed by atoms with Crippen molar-refractivity contribution in [2.24, 2.45) is 7.05 Å². The van der Waals surface area contributed by atoms with Gasteiger partial charge in [0.05, 0.1) is 0 Å². The zero-order valence-electron chi connectivity index (χ0n) is 15.5. The number of hydrogen-bond acceptors (Lipinski definition) is 5. The third-order valence-electron chi connectivity index (χ3n) is 4.18. The highest BCUT2D eigenvalue weighted by molar-refractivity contribution is 7.89. The van der Waals surface area contributed by atoms with Gasteiger partial charge in [-0.15, -0.1) is 11.3 Å². The van der Waals surface area contributed by atoms with E-state index in [9.17, 15) is 13.2 Å². The minimum atomic E-state index is -3.62. The van der Waals surface area contributed by atoms with Crippen molar-refractivity contribution in [2.45, 2.75) is 18.2 Å². The second kappa shape index (κ2) is 8.04. The summed E-state index contributed by atoms with van der Waals surface area (Å²) < 4.78 is 27.5. The van der Waals surface area contributed by atoms with Crippen LogP contribution in [0.15, 0.2) is 41.6 Å². The van der Waals surface area contributed by atoms with Crippen LogP contribution in [0.1, 0.15) is 26.5 Å². The summed E-state index contributed by atoms with van der Waals surface area (Å²) in [6.45, 7) is 1.95. The zero-order valence-corrected chi connectivity index (χ0v) is 17.9. The minimum absolute atomic E-state index is 0.0266. The van der Waals surface area contributed by atoms with Crippen molar-refractivity contribution in [1.29, 1.82) is 0 Å². The van der Waals surface area contributed by atoms with E-state index >= 15 is 0 Å². The summed E-state index contributed by atoms with van der Waals surface area (Å²) >= 11 is 7.52. The van der Waals surface area contributed by atoms with E-state index in [0.717, 1.165) is 16.0 Å². The molecule has 3 aromatic rings. The second-order valence-electron chi connectivity index (χ2n) is 6.23. The first kappa shape index (κ1) is 20.5. The number of benzene rings is 1. The number of halogens is 1. The first-order valence-electron chi connectivity index (χ1n) is 8.30. The number of aryl methyl sites for hydroxylation is 2. The van der Waals surface area contributed by atoms with Gasteiger partial charge < -0.3 is 4.57 Å². The van der Waals surface area contributed by atoms with Crippen LogP contribution in [0.4, 0.5) is 5.13 Å². The van der Waals surface area contributed by atoms with Crippen LogP contribution >= 0.6 is 22.9 Å². The molecular weight excluding hydrogens is 420 g/mol. The van der Waals surface area contributed by atoms with E-state index in [0.29, 0.717) is 16.6 Å². The highest BCUT2D eigenvalue weighted by Crippen LogP contribution is 2.24. The number of hydrogen-bond donors (Lipinski definition) is 2. The number of anilines is 1. The van der Waals surface area contributed by atoms with E-state index in [1.807, 2.05) is 25.1 Å². The van der Waals surface area contributed by atoms with Gasteiger partial charge in [-0.25, -0.2) is 18.1 Å². The smallest absolute Gasteiger partial charge is 0.274 e. The molecule has 0 aliphatic carbocycles. The fourth-order valence-electron chi connectivity index (χ4n) is 2.58. The number of nitrogens with one attached hydrogen (secondary N) is 2. The molecule has 1 aromatic carbocycles. The van der Waals surface area contributed by atoms with E-state index in [1.165, 1.54) is 35.2 Å². The maximum Gasteiger partial charge on any atom is 0.274 e. The van der Waals surface area contributed by atoms with Crippen molar-refractivity contribution in [3.63, 3.8) is 0 Å². The quantitative estimate of drug-likeness (QED) is 0.618. The number of sulfonamides is 1. The Balaban J connectivity index is 1.73. The number of nitrogens with zero attached hydrogens (tertiary/aromatic N) is 2. The standard InChI is InChI=1S/C18H19ClN4O3S2/c1-11-4-5-12(7-15(11)19)6-13-9-21-18(27-13)22-17(24)16-8-14(10-23(16)3)28(25,26)20-2/h4-5,7-10,20H,6H2,1-3H3,(H,21,22,24). The third-order valence-corrected chi connectivity index (χ3v) is 6.88. The number of thiazole rings is 1. The van der Waals surface area contributed by atoms with Gasteiger partial charge in [0.2, 0.25) is 10.0 Å². The van der Waals surface area contributed by atoms with Crippen LogP contribution < -0.4 is 10.0 Å². The van der Waals surface area contributed by atoms with Crippen molar-refractivity contribution < 1.29 is 13.2 Å². The Kier molecular flexibility index (Phi) is 5.90. The summed E-state index contributed by atoms with van der Waals surface area (Å²) in [7, 11) is -0.689. The van der Waals surface area contributed by atoms with Crippen LogP contribution in [0.25, 0.3) is 0 Å². The lowest BCUT2D eigenvalue weighted by Crippen LogP contribution is -2.18. The van der Waals surface area contributed by atoms with Crippen molar-refractivity contribution in [2.75, 3.05) is 12.4 Å². The normalized spacial score (nSPS) is 11.6. The van der Waals surface area contributed by atoms with Crippen LogP contribution in [0.2, 0.25) is 5.02 Å².